The molecule has 0 fully saturated rings. The Bertz CT molecular complexity index is 1420. The first-order valence-corrected chi connectivity index (χ1v) is 11.8. The predicted octanol–water partition coefficient (Wildman–Crippen LogP) is 5.20. The molecule has 0 atom stereocenters. The first-order chi connectivity index (χ1) is 16.2. The number of thiazole rings is 1. The molecule has 0 saturated carbocycles. The fraction of sp³-hybridized carbons (Fsp3) is 0.217. The number of rotatable bonds is 8. The summed E-state index contributed by atoms with van der Waals surface area (Å²) >= 11 is 7.83. The number of nitrogens with one attached hydrogen (secondary N) is 1. The van der Waals surface area contributed by atoms with Crippen LogP contribution in [-0.2, 0) is 13.0 Å². The molecule has 3 heterocycles. The molecule has 0 saturated heterocycles. The lowest BCUT2D eigenvalue weighted by molar-refractivity contribution is 0.111. The van der Waals surface area contributed by atoms with Gasteiger partial charge >= 0.3 is 0 Å². The standard InChI is InChI=1S/C23H20ClN7OS/c1-2-3-8-20-26-21(24)18(13-32)31(20)12-14-9-10-17-19(11-14)33-23(25-17)16-7-5-4-6-15(16)22-27-29-30-28-22/h4-7,9-11,13H,2-3,8,12H2,1H3,(H,27,28,29,30). The minimum Gasteiger partial charge on any atom is -0.320 e. The van der Waals surface area contributed by atoms with Crippen molar-refractivity contribution in [3.05, 3.63) is 64.7 Å². The van der Waals surface area contributed by atoms with Crippen LogP contribution >= 0.6 is 22.9 Å². The molecule has 0 unspecified atom stereocenters. The van der Waals surface area contributed by atoms with E-state index in [0.717, 1.165) is 63.3 Å². The Morgan fingerprint density at radius 3 is 2.76 bits per heavy atom. The van der Waals surface area contributed by atoms with E-state index in [9.17, 15) is 4.79 Å². The summed E-state index contributed by atoms with van der Waals surface area (Å²) in [4.78, 5) is 20.9. The molecule has 166 valence electrons. The quantitative estimate of drug-likeness (QED) is 0.308. The lowest BCUT2D eigenvalue weighted by atomic mass is 10.1. The van der Waals surface area contributed by atoms with Gasteiger partial charge in [-0.1, -0.05) is 55.3 Å². The number of unbranched alkanes of at least 4 members (excludes halogenated alkanes) is 1. The number of benzene rings is 2. The number of imidazole rings is 1. The summed E-state index contributed by atoms with van der Waals surface area (Å²) in [6.07, 6.45) is 3.59. The fourth-order valence-corrected chi connectivity index (χ4v) is 5.11. The van der Waals surface area contributed by atoms with E-state index >= 15 is 0 Å². The summed E-state index contributed by atoms with van der Waals surface area (Å²) in [6.45, 7) is 2.65. The lowest BCUT2D eigenvalue weighted by Crippen LogP contribution is -2.08. The number of aromatic amines is 1. The number of hydrogen-bond donors (Lipinski definition) is 1. The van der Waals surface area contributed by atoms with Crippen LogP contribution in [0.3, 0.4) is 0 Å². The highest BCUT2D eigenvalue weighted by atomic mass is 35.5. The van der Waals surface area contributed by atoms with Crippen LogP contribution in [0.5, 0.6) is 0 Å². The minimum absolute atomic E-state index is 0.260. The van der Waals surface area contributed by atoms with Gasteiger partial charge in [0.25, 0.3) is 0 Å². The molecule has 0 spiro atoms. The van der Waals surface area contributed by atoms with Crippen LogP contribution in [0.15, 0.2) is 42.5 Å². The van der Waals surface area contributed by atoms with Crippen molar-refractivity contribution >= 4 is 39.4 Å². The van der Waals surface area contributed by atoms with Crippen molar-refractivity contribution in [2.75, 3.05) is 0 Å². The van der Waals surface area contributed by atoms with Crippen LogP contribution in [0.25, 0.3) is 32.2 Å². The van der Waals surface area contributed by atoms with Crippen LogP contribution < -0.4 is 0 Å². The van der Waals surface area contributed by atoms with E-state index in [4.69, 9.17) is 16.6 Å². The Balaban J connectivity index is 1.51. The number of aldehydes is 1. The van der Waals surface area contributed by atoms with Gasteiger partial charge in [0.15, 0.2) is 11.4 Å². The summed E-state index contributed by atoms with van der Waals surface area (Å²) in [7, 11) is 0. The van der Waals surface area contributed by atoms with Gasteiger partial charge in [-0.05, 0) is 29.3 Å². The first-order valence-electron chi connectivity index (χ1n) is 10.6. The third-order valence-corrected chi connectivity index (χ3v) is 6.77. The Morgan fingerprint density at radius 1 is 1.15 bits per heavy atom. The molecular weight excluding hydrogens is 458 g/mol. The van der Waals surface area contributed by atoms with Crippen LogP contribution in [0.2, 0.25) is 5.15 Å². The van der Waals surface area contributed by atoms with Crippen LogP contribution in [0, 0.1) is 0 Å². The Labute approximate surface area is 198 Å². The molecule has 0 radical (unpaired) electrons. The minimum atomic E-state index is 0.260. The maximum Gasteiger partial charge on any atom is 0.205 e. The van der Waals surface area contributed by atoms with Gasteiger partial charge < -0.3 is 4.57 Å². The molecule has 0 aliphatic heterocycles. The van der Waals surface area contributed by atoms with Crippen molar-refractivity contribution in [2.45, 2.75) is 32.7 Å². The van der Waals surface area contributed by atoms with Gasteiger partial charge in [0.1, 0.15) is 16.5 Å². The average Bonchev–Trinajstić information content (AvgIpc) is 3.57. The lowest BCUT2D eigenvalue weighted by Gasteiger charge is -2.09. The van der Waals surface area contributed by atoms with Gasteiger partial charge in [-0.3, -0.25) is 4.79 Å². The highest BCUT2D eigenvalue weighted by Gasteiger charge is 2.17. The zero-order valence-corrected chi connectivity index (χ0v) is 19.4. The second-order valence-electron chi connectivity index (χ2n) is 7.61. The smallest absolute Gasteiger partial charge is 0.205 e. The molecule has 0 aliphatic rings. The third-order valence-electron chi connectivity index (χ3n) is 5.44. The van der Waals surface area contributed by atoms with Crippen molar-refractivity contribution in [3.63, 3.8) is 0 Å². The molecule has 1 N–H and O–H groups in total. The van der Waals surface area contributed by atoms with Crippen molar-refractivity contribution in [3.8, 4) is 22.0 Å². The molecule has 10 heteroatoms. The summed E-state index contributed by atoms with van der Waals surface area (Å²) in [5, 5.41) is 15.6. The van der Waals surface area contributed by atoms with Gasteiger partial charge in [-0.15, -0.1) is 21.5 Å². The second kappa shape index (κ2) is 9.21. The van der Waals surface area contributed by atoms with Gasteiger partial charge in [-0.2, -0.15) is 5.21 Å². The number of halogens is 1. The highest BCUT2D eigenvalue weighted by molar-refractivity contribution is 7.21. The van der Waals surface area contributed by atoms with E-state index < -0.39 is 0 Å². The van der Waals surface area contributed by atoms with Crippen LogP contribution in [-0.4, -0.2) is 41.4 Å². The summed E-state index contributed by atoms with van der Waals surface area (Å²) in [5.41, 5.74) is 4.20. The van der Waals surface area contributed by atoms with E-state index in [0.29, 0.717) is 18.1 Å². The van der Waals surface area contributed by atoms with Crippen molar-refractivity contribution in [2.24, 2.45) is 0 Å². The van der Waals surface area contributed by atoms with Gasteiger partial charge in [0.2, 0.25) is 5.82 Å². The molecule has 0 amide bonds. The fourth-order valence-electron chi connectivity index (χ4n) is 3.80. The van der Waals surface area contributed by atoms with Gasteiger partial charge in [0.05, 0.1) is 10.2 Å². The Kier molecular flexibility index (Phi) is 5.97. The first kappa shape index (κ1) is 21.4. The monoisotopic (exact) mass is 477 g/mol. The topological polar surface area (TPSA) is 102 Å². The molecule has 33 heavy (non-hydrogen) atoms. The summed E-state index contributed by atoms with van der Waals surface area (Å²) < 4.78 is 2.97. The number of aryl methyl sites for hydroxylation is 1. The van der Waals surface area contributed by atoms with Gasteiger partial charge in [-0.25, -0.2) is 9.97 Å². The van der Waals surface area contributed by atoms with Crippen LogP contribution in [0.1, 0.15) is 41.6 Å². The van der Waals surface area contributed by atoms with E-state index in [1.54, 1.807) is 11.3 Å². The highest BCUT2D eigenvalue weighted by Crippen LogP contribution is 2.35. The molecule has 0 aliphatic carbocycles. The number of carbonyl (C=O) groups excluding carboxylic acids is 1. The normalized spacial score (nSPS) is 11.3. The van der Waals surface area contributed by atoms with E-state index in [2.05, 4.69) is 38.6 Å². The second-order valence-corrected chi connectivity index (χ2v) is 9.00. The van der Waals surface area contributed by atoms with Gasteiger partial charge in [0, 0.05) is 24.1 Å². The number of nitrogens with zero attached hydrogens (tertiary/aromatic N) is 6. The SMILES string of the molecule is CCCCc1nc(Cl)c(C=O)n1Cc1ccc2nc(-c3ccccc3-c3nn[nH]n3)sc2c1. The molecule has 8 nitrogen and oxygen atoms in total. The molecule has 0 bridgehead atoms. The van der Waals surface area contributed by atoms with Crippen molar-refractivity contribution in [1.82, 2.24) is 35.2 Å². The summed E-state index contributed by atoms with van der Waals surface area (Å²) in [6, 6.07) is 14.0. The number of aromatic nitrogens is 7. The molecule has 5 rings (SSSR count). The maximum atomic E-state index is 11.7. The van der Waals surface area contributed by atoms with E-state index in [1.165, 1.54) is 0 Å². The zero-order chi connectivity index (χ0) is 22.8. The number of fused-ring (bicyclic) bond motifs is 1. The number of tetrazole rings is 1. The third kappa shape index (κ3) is 4.17. The van der Waals surface area contributed by atoms with Crippen molar-refractivity contribution < 1.29 is 4.79 Å². The zero-order valence-electron chi connectivity index (χ0n) is 17.8. The number of carbonyl (C=O) groups is 1. The van der Waals surface area contributed by atoms with Crippen LogP contribution in [0.4, 0.5) is 0 Å². The van der Waals surface area contributed by atoms with Crippen molar-refractivity contribution in [1.29, 1.82) is 0 Å². The summed E-state index contributed by atoms with van der Waals surface area (Å²) in [5.74, 6) is 1.37. The molecule has 5 aromatic rings. The number of hydrogen-bond acceptors (Lipinski definition) is 7. The van der Waals surface area contributed by atoms with E-state index in [1.807, 2.05) is 41.0 Å². The predicted molar refractivity (Wildman–Crippen MR) is 129 cm³/mol. The van der Waals surface area contributed by atoms with E-state index in [-0.39, 0.29) is 5.15 Å². The number of H-pyrrole nitrogens is 1. The Hall–Kier alpha value is -3.43. The maximum absolute atomic E-state index is 11.7. The largest absolute Gasteiger partial charge is 0.320 e. The average molecular weight is 478 g/mol. The molecular formula is C23H20ClN7OS. The molecule has 3 aromatic heterocycles. The Morgan fingerprint density at radius 2 is 2.00 bits per heavy atom. The molecule has 2 aromatic carbocycles.